The van der Waals surface area contributed by atoms with E-state index in [1.165, 1.54) is 0 Å². The number of piperidine rings is 1. The Bertz CT molecular complexity index is 706. The third-order valence-corrected chi connectivity index (χ3v) is 5.25. The Hall–Kier alpha value is -2.14. The van der Waals surface area contributed by atoms with Crippen molar-refractivity contribution >= 4 is 5.91 Å². The number of rotatable bonds is 2. The molecule has 0 bridgehead atoms. The molecular formula is C18H21N3O2. The Labute approximate surface area is 135 Å². The number of aliphatic hydroxyl groups is 1. The Morgan fingerprint density at radius 1 is 1.26 bits per heavy atom. The first-order valence-corrected chi connectivity index (χ1v) is 8.28. The number of aromatic nitrogens is 2. The van der Waals surface area contributed by atoms with Crippen LogP contribution in [0, 0.1) is 0 Å². The lowest BCUT2D eigenvalue weighted by Crippen LogP contribution is -2.61. The lowest BCUT2D eigenvalue weighted by molar-refractivity contribution is -0.0484. The zero-order valence-electron chi connectivity index (χ0n) is 13.1. The second-order valence-electron chi connectivity index (χ2n) is 6.69. The van der Waals surface area contributed by atoms with E-state index in [9.17, 15) is 9.90 Å². The smallest absolute Gasteiger partial charge is 0.257 e. The van der Waals surface area contributed by atoms with Gasteiger partial charge in [-0.15, -0.1) is 0 Å². The van der Waals surface area contributed by atoms with Crippen molar-refractivity contribution in [2.24, 2.45) is 0 Å². The molecule has 1 aromatic heterocycles. The van der Waals surface area contributed by atoms with Crippen molar-refractivity contribution < 1.29 is 9.90 Å². The van der Waals surface area contributed by atoms with Gasteiger partial charge in [0.15, 0.2) is 0 Å². The highest BCUT2D eigenvalue weighted by molar-refractivity contribution is 5.94. The third-order valence-electron chi connectivity index (χ3n) is 5.25. The van der Waals surface area contributed by atoms with Gasteiger partial charge in [0.2, 0.25) is 0 Å². The average Bonchev–Trinajstić information content (AvgIpc) is 3.03. The minimum atomic E-state index is -0.272. The Balaban J connectivity index is 1.58. The van der Waals surface area contributed by atoms with Gasteiger partial charge in [-0.25, -0.2) is 4.68 Å². The van der Waals surface area contributed by atoms with E-state index in [1.807, 2.05) is 35.2 Å². The number of carbonyl (C=O) groups is 1. The van der Waals surface area contributed by atoms with E-state index in [2.05, 4.69) is 5.10 Å². The molecule has 5 nitrogen and oxygen atoms in total. The molecule has 1 amide bonds. The van der Waals surface area contributed by atoms with Crippen molar-refractivity contribution in [2.75, 3.05) is 6.54 Å². The summed E-state index contributed by atoms with van der Waals surface area (Å²) < 4.78 is 1.74. The van der Waals surface area contributed by atoms with Crippen molar-refractivity contribution in [1.29, 1.82) is 0 Å². The first-order valence-electron chi connectivity index (χ1n) is 8.28. The van der Waals surface area contributed by atoms with Crippen molar-refractivity contribution in [3.05, 3.63) is 48.3 Å². The summed E-state index contributed by atoms with van der Waals surface area (Å²) in [6.45, 7) is 0.635. The normalized spacial score (nSPS) is 22.8. The summed E-state index contributed by atoms with van der Waals surface area (Å²) in [5.41, 5.74) is 1.44. The van der Waals surface area contributed by atoms with Crippen molar-refractivity contribution in [1.82, 2.24) is 14.7 Å². The molecule has 1 spiro atoms. The standard InChI is InChI=1S/C18H21N3O2/c22-16-7-10-20(18(11-16)8-4-9-18)17(23)14-12-19-21(13-14)15-5-2-1-3-6-15/h1-3,5-6,12-13,16,22H,4,7-11H2. The molecule has 1 saturated heterocycles. The quantitative estimate of drug-likeness (QED) is 0.926. The predicted molar refractivity (Wildman–Crippen MR) is 86.4 cm³/mol. The van der Waals surface area contributed by atoms with Gasteiger partial charge in [-0.05, 0) is 44.2 Å². The topological polar surface area (TPSA) is 58.4 Å². The van der Waals surface area contributed by atoms with Crippen LogP contribution in [0.4, 0.5) is 0 Å². The molecule has 1 N–H and O–H groups in total. The van der Waals surface area contributed by atoms with Gasteiger partial charge in [-0.1, -0.05) is 18.2 Å². The number of likely N-dealkylation sites (tertiary alicyclic amines) is 1. The molecule has 120 valence electrons. The number of para-hydroxylation sites is 1. The molecule has 5 heteroatoms. The SMILES string of the molecule is O=C(c1cnn(-c2ccccc2)c1)N1CCC(O)CC12CCC2. The summed E-state index contributed by atoms with van der Waals surface area (Å²) in [6.07, 6.45) is 7.70. The van der Waals surface area contributed by atoms with Crippen LogP contribution in [-0.4, -0.2) is 43.9 Å². The second-order valence-corrected chi connectivity index (χ2v) is 6.69. The zero-order chi connectivity index (χ0) is 15.9. The molecule has 2 aliphatic rings. The molecular weight excluding hydrogens is 290 g/mol. The van der Waals surface area contributed by atoms with Crippen LogP contribution in [0.2, 0.25) is 0 Å². The second kappa shape index (κ2) is 5.49. The minimum absolute atomic E-state index is 0.0405. The summed E-state index contributed by atoms with van der Waals surface area (Å²) >= 11 is 0. The largest absolute Gasteiger partial charge is 0.393 e. The van der Waals surface area contributed by atoms with Gasteiger partial charge in [0.05, 0.1) is 23.6 Å². The van der Waals surface area contributed by atoms with Gasteiger partial charge in [0.1, 0.15) is 0 Å². The van der Waals surface area contributed by atoms with E-state index in [4.69, 9.17) is 0 Å². The van der Waals surface area contributed by atoms with E-state index in [-0.39, 0.29) is 17.6 Å². The van der Waals surface area contributed by atoms with E-state index >= 15 is 0 Å². The Morgan fingerprint density at radius 2 is 2.04 bits per heavy atom. The van der Waals surface area contributed by atoms with Crippen LogP contribution in [0.25, 0.3) is 5.69 Å². The van der Waals surface area contributed by atoms with Gasteiger partial charge >= 0.3 is 0 Å². The molecule has 2 fully saturated rings. The third kappa shape index (κ3) is 2.45. The summed E-state index contributed by atoms with van der Waals surface area (Å²) in [5.74, 6) is 0.0405. The van der Waals surface area contributed by atoms with Gasteiger partial charge in [-0.3, -0.25) is 4.79 Å². The van der Waals surface area contributed by atoms with Crippen molar-refractivity contribution in [3.63, 3.8) is 0 Å². The lowest BCUT2D eigenvalue weighted by Gasteiger charge is -2.54. The highest BCUT2D eigenvalue weighted by Crippen LogP contribution is 2.45. The summed E-state index contributed by atoms with van der Waals surface area (Å²) in [7, 11) is 0. The lowest BCUT2D eigenvalue weighted by atomic mass is 9.69. The van der Waals surface area contributed by atoms with Crippen LogP contribution in [0.5, 0.6) is 0 Å². The van der Waals surface area contributed by atoms with Gasteiger partial charge in [0.25, 0.3) is 5.91 Å². The number of benzene rings is 1. The minimum Gasteiger partial charge on any atom is -0.393 e. The zero-order valence-corrected chi connectivity index (χ0v) is 13.1. The monoisotopic (exact) mass is 311 g/mol. The van der Waals surface area contributed by atoms with Gasteiger partial charge in [-0.2, -0.15) is 5.10 Å². The van der Waals surface area contributed by atoms with E-state index in [0.717, 1.165) is 24.9 Å². The molecule has 1 unspecified atom stereocenters. The number of hydrogen-bond acceptors (Lipinski definition) is 3. The summed E-state index contributed by atoms with van der Waals surface area (Å²) in [6, 6.07) is 9.79. The van der Waals surface area contributed by atoms with E-state index in [1.54, 1.807) is 17.1 Å². The summed E-state index contributed by atoms with van der Waals surface area (Å²) in [4.78, 5) is 14.9. The van der Waals surface area contributed by atoms with Crippen molar-refractivity contribution in [3.8, 4) is 5.69 Å². The van der Waals surface area contributed by atoms with Crippen LogP contribution >= 0.6 is 0 Å². The number of nitrogens with zero attached hydrogens (tertiary/aromatic N) is 3. The molecule has 23 heavy (non-hydrogen) atoms. The molecule has 0 radical (unpaired) electrons. The number of amides is 1. The van der Waals surface area contributed by atoms with Crippen LogP contribution in [-0.2, 0) is 0 Å². The number of aliphatic hydroxyl groups excluding tert-OH is 1. The van der Waals surface area contributed by atoms with Crippen LogP contribution in [0.3, 0.4) is 0 Å². The highest BCUT2D eigenvalue weighted by atomic mass is 16.3. The maximum atomic E-state index is 13.0. The summed E-state index contributed by atoms with van der Waals surface area (Å²) in [5, 5.41) is 14.3. The maximum Gasteiger partial charge on any atom is 0.257 e. The highest BCUT2D eigenvalue weighted by Gasteiger charge is 2.48. The van der Waals surface area contributed by atoms with Crippen LogP contribution in [0.1, 0.15) is 42.5 Å². The Morgan fingerprint density at radius 3 is 2.74 bits per heavy atom. The molecule has 2 aromatic rings. The number of hydrogen-bond donors (Lipinski definition) is 1. The fourth-order valence-corrected chi connectivity index (χ4v) is 3.85. The first-order chi connectivity index (χ1) is 11.2. The van der Waals surface area contributed by atoms with Gasteiger partial charge < -0.3 is 10.0 Å². The molecule has 1 aliphatic carbocycles. The van der Waals surface area contributed by atoms with Crippen LogP contribution < -0.4 is 0 Å². The maximum absolute atomic E-state index is 13.0. The molecule has 1 aromatic carbocycles. The molecule has 1 aliphatic heterocycles. The molecule has 4 rings (SSSR count). The fraction of sp³-hybridized carbons (Fsp3) is 0.444. The molecule has 2 heterocycles. The van der Waals surface area contributed by atoms with E-state index in [0.29, 0.717) is 24.9 Å². The van der Waals surface area contributed by atoms with E-state index < -0.39 is 0 Å². The fourth-order valence-electron chi connectivity index (χ4n) is 3.85. The Kier molecular flexibility index (Phi) is 3.45. The van der Waals surface area contributed by atoms with Crippen molar-refractivity contribution in [2.45, 2.75) is 43.7 Å². The number of carbonyl (C=O) groups excluding carboxylic acids is 1. The van der Waals surface area contributed by atoms with Crippen LogP contribution in [0.15, 0.2) is 42.7 Å². The average molecular weight is 311 g/mol. The van der Waals surface area contributed by atoms with Gasteiger partial charge in [0, 0.05) is 18.3 Å². The predicted octanol–water partition coefficient (Wildman–Crippen LogP) is 2.39. The molecule has 1 atom stereocenters. The molecule has 1 saturated carbocycles. The first kappa shape index (κ1) is 14.5.